The molecule has 4 rings (SSSR count). The summed E-state index contributed by atoms with van der Waals surface area (Å²) in [5.74, 6) is -0.764. The summed E-state index contributed by atoms with van der Waals surface area (Å²) in [5.41, 5.74) is -0.903. The van der Waals surface area contributed by atoms with E-state index in [1.807, 2.05) is 6.92 Å². The zero-order valence-electron chi connectivity index (χ0n) is 21.4. The van der Waals surface area contributed by atoms with Crippen LogP contribution in [0.3, 0.4) is 0 Å². The second kappa shape index (κ2) is 10.4. The molecule has 0 atom stereocenters. The van der Waals surface area contributed by atoms with Gasteiger partial charge < -0.3 is 14.6 Å². The van der Waals surface area contributed by atoms with Crippen molar-refractivity contribution in [3.63, 3.8) is 0 Å². The molecular formula is C24H22F3N7O5S. The first kappa shape index (κ1) is 28.3. The molecule has 1 aromatic carbocycles. The number of nitrogens with zero attached hydrogens (tertiary/aromatic N) is 5. The van der Waals surface area contributed by atoms with E-state index in [2.05, 4.69) is 20.4 Å². The molecule has 0 aliphatic carbocycles. The lowest BCUT2D eigenvalue weighted by Crippen LogP contribution is -2.35. The second-order valence-corrected chi connectivity index (χ2v) is 10.4. The van der Waals surface area contributed by atoms with Crippen molar-refractivity contribution in [3.05, 3.63) is 76.1 Å². The number of carbonyl (C=O) groups excluding carboxylic acids is 1. The number of methoxy groups -OCH3 is 1. The quantitative estimate of drug-likeness (QED) is 0.338. The highest BCUT2D eigenvalue weighted by atomic mass is 32.2. The first-order chi connectivity index (χ1) is 18.6. The number of benzene rings is 1. The molecule has 4 aromatic rings. The number of hydrogen-bond donors (Lipinski definition) is 2. The van der Waals surface area contributed by atoms with Gasteiger partial charge >= 0.3 is 6.18 Å². The van der Waals surface area contributed by atoms with Gasteiger partial charge in [-0.2, -0.15) is 23.3 Å². The summed E-state index contributed by atoms with van der Waals surface area (Å²) >= 11 is 0. The number of pyridine rings is 1. The Labute approximate surface area is 225 Å². The van der Waals surface area contributed by atoms with Crippen molar-refractivity contribution in [3.8, 4) is 22.7 Å². The van der Waals surface area contributed by atoms with Crippen LogP contribution < -0.4 is 20.3 Å². The molecule has 0 radical (unpaired) electrons. The molecule has 0 fully saturated rings. The number of aromatic nitrogens is 5. The van der Waals surface area contributed by atoms with Gasteiger partial charge in [0.05, 0.1) is 13.4 Å². The van der Waals surface area contributed by atoms with Gasteiger partial charge in [0.1, 0.15) is 11.3 Å². The maximum absolute atomic E-state index is 13.3. The number of anilines is 2. The monoisotopic (exact) mass is 577 g/mol. The lowest BCUT2D eigenvalue weighted by Gasteiger charge is -2.14. The van der Waals surface area contributed by atoms with E-state index in [0.29, 0.717) is 11.4 Å². The van der Waals surface area contributed by atoms with Crippen LogP contribution in [0.2, 0.25) is 0 Å². The summed E-state index contributed by atoms with van der Waals surface area (Å²) in [6.45, 7) is 1.84. The van der Waals surface area contributed by atoms with Crippen LogP contribution in [-0.4, -0.2) is 52.0 Å². The summed E-state index contributed by atoms with van der Waals surface area (Å²) in [5, 5.41) is 6.57. The number of rotatable bonds is 7. The van der Waals surface area contributed by atoms with E-state index in [-0.39, 0.29) is 22.9 Å². The molecule has 1 amide bonds. The fourth-order valence-electron chi connectivity index (χ4n) is 3.72. The van der Waals surface area contributed by atoms with Crippen molar-refractivity contribution in [1.82, 2.24) is 29.0 Å². The molecule has 0 aliphatic rings. The molecule has 2 N–H and O–H groups in total. The Morgan fingerprint density at radius 2 is 1.88 bits per heavy atom. The molecule has 0 saturated heterocycles. The van der Waals surface area contributed by atoms with Gasteiger partial charge in [-0.05, 0) is 36.8 Å². The standard InChI is InChI=1S/C24H22F3N7O5S/c1-13-7-15(10-16(8-13)39-3)29-23-28-11-18(20(30-23)34-6-5-19(31-34)24(25,26)27)14-9-17(22(36)33(2)12-14)21(35)32-40(4,37)38/h5-12H,1-4H3,(H,32,35)(H,28,29,30). The summed E-state index contributed by atoms with van der Waals surface area (Å²) in [6.07, 6.45) is -0.367. The molecular weight excluding hydrogens is 555 g/mol. The maximum Gasteiger partial charge on any atom is 0.435 e. The number of ether oxygens (including phenoxy) is 1. The minimum absolute atomic E-state index is 0.00433. The fraction of sp³-hybridized carbons (Fsp3) is 0.208. The minimum atomic E-state index is -4.73. The molecule has 3 heterocycles. The third-order valence-corrected chi connectivity index (χ3v) is 5.98. The fourth-order valence-corrected chi connectivity index (χ4v) is 4.16. The Kier molecular flexibility index (Phi) is 7.38. The number of amides is 1. The molecule has 40 heavy (non-hydrogen) atoms. The molecule has 0 aliphatic heterocycles. The Balaban J connectivity index is 1.88. The minimum Gasteiger partial charge on any atom is -0.497 e. The van der Waals surface area contributed by atoms with Crippen LogP contribution in [0.15, 0.2) is 53.7 Å². The Hall–Kier alpha value is -4.73. The van der Waals surface area contributed by atoms with Crippen molar-refractivity contribution < 1.29 is 31.1 Å². The topological polar surface area (TPSA) is 150 Å². The van der Waals surface area contributed by atoms with Crippen molar-refractivity contribution in [2.75, 3.05) is 18.7 Å². The normalized spacial score (nSPS) is 11.8. The first-order valence-electron chi connectivity index (χ1n) is 11.3. The zero-order valence-corrected chi connectivity index (χ0v) is 22.3. The van der Waals surface area contributed by atoms with Crippen LogP contribution in [0.25, 0.3) is 16.9 Å². The van der Waals surface area contributed by atoms with Gasteiger partial charge in [0.2, 0.25) is 16.0 Å². The van der Waals surface area contributed by atoms with Crippen LogP contribution in [0.4, 0.5) is 24.8 Å². The van der Waals surface area contributed by atoms with Crippen LogP contribution in [0.5, 0.6) is 5.75 Å². The van der Waals surface area contributed by atoms with Crippen molar-refractivity contribution in [2.45, 2.75) is 13.1 Å². The molecule has 16 heteroatoms. The molecule has 0 bridgehead atoms. The first-order valence-corrected chi connectivity index (χ1v) is 13.2. The van der Waals surface area contributed by atoms with E-state index in [0.717, 1.165) is 39.4 Å². The van der Waals surface area contributed by atoms with E-state index in [1.165, 1.54) is 26.6 Å². The summed E-state index contributed by atoms with van der Waals surface area (Å²) in [6, 6.07) is 7.09. The third-order valence-electron chi connectivity index (χ3n) is 5.42. The zero-order chi connectivity index (χ0) is 29.4. The largest absolute Gasteiger partial charge is 0.497 e. The van der Waals surface area contributed by atoms with Crippen LogP contribution in [0.1, 0.15) is 21.6 Å². The van der Waals surface area contributed by atoms with Crippen molar-refractivity contribution in [1.29, 1.82) is 0 Å². The van der Waals surface area contributed by atoms with Gasteiger partial charge in [-0.25, -0.2) is 22.8 Å². The number of nitrogens with one attached hydrogen (secondary N) is 2. The number of halogens is 3. The van der Waals surface area contributed by atoms with Crippen molar-refractivity contribution in [2.24, 2.45) is 7.05 Å². The molecule has 0 saturated carbocycles. The van der Waals surface area contributed by atoms with Crippen LogP contribution in [-0.2, 0) is 23.2 Å². The van der Waals surface area contributed by atoms with Crippen molar-refractivity contribution >= 4 is 27.6 Å². The van der Waals surface area contributed by atoms with Crippen LogP contribution in [0, 0.1) is 6.92 Å². The second-order valence-electron chi connectivity index (χ2n) is 8.70. The Morgan fingerprint density at radius 1 is 1.15 bits per heavy atom. The van der Waals surface area contributed by atoms with Gasteiger partial charge in [-0.15, -0.1) is 0 Å². The average molecular weight is 578 g/mol. The van der Waals surface area contributed by atoms with Gasteiger partial charge in [-0.3, -0.25) is 9.59 Å². The maximum atomic E-state index is 13.3. The number of aryl methyl sites for hydroxylation is 2. The van der Waals surface area contributed by atoms with Gasteiger partial charge in [0.15, 0.2) is 11.5 Å². The van der Waals surface area contributed by atoms with E-state index in [9.17, 15) is 31.2 Å². The van der Waals surface area contributed by atoms with E-state index < -0.39 is 38.9 Å². The third kappa shape index (κ3) is 6.28. The Bertz CT molecular complexity index is 1780. The molecule has 12 nitrogen and oxygen atoms in total. The predicted octanol–water partition coefficient (Wildman–Crippen LogP) is 2.80. The lowest BCUT2D eigenvalue weighted by atomic mass is 10.1. The highest BCUT2D eigenvalue weighted by Gasteiger charge is 2.34. The molecule has 0 unspecified atom stereocenters. The summed E-state index contributed by atoms with van der Waals surface area (Å²) in [4.78, 5) is 33.7. The van der Waals surface area contributed by atoms with E-state index in [4.69, 9.17) is 4.74 Å². The summed E-state index contributed by atoms with van der Waals surface area (Å²) < 4.78 is 72.0. The molecule has 0 spiro atoms. The number of sulfonamides is 1. The van der Waals surface area contributed by atoms with E-state index >= 15 is 0 Å². The molecule has 3 aromatic heterocycles. The number of alkyl halides is 3. The van der Waals surface area contributed by atoms with E-state index in [1.54, 1.807) is 22.9 Å². The summed E-state index contributed by atoms with van der Waals surface area (Å²) in [7, 11) is -1.18. The van der Waals surface area contributed by atoms with Crippen LogP contribution >= 0.6 is 0 Å². The Morgan fingerprint density at radius 3 is 2.50 bits per heavy atom. The van der Waals surface area contributed by atoms with Gasteiger partial charge in [0, 0.05) is 48.5 Å². The molecule has 210 valence electrons. The van der Waals surface area contributed by atoms with Gasteiger partial charge in [-0.1, -0.05) is 0 Å². The SMILES string of the molecule is COc1cc(C)cc(Nc2ncc(-c3cc(C(=O)NS(C)(=O)=O)c(=O)n(C)c3)c(-n3ccc(C(F)(F)F)n3)n2)c1. The lowest BCUT2D eigenvalue weighted by molar-refractivity contribution is -0.141. The predicted molar refractivity (Wildman–Crippen MR) is 138 cm³/mol. The van der Waals surface area contributed by atoms with Gasteiger partial charge in [0.25, 0.3) is 11.5 Å². The average Bonchev–Trinajstić information content (AvgIpc) is 3.35. The highest BCUT2D eigenvalue weighted by Crippen LogP contribution is 2.31. The number of carbonyl (C=O) groups is 1. The highest BCUT2D eigenvalue weighted by molar-refractivity contribution is 7.89. The smallest absolute Gasteiger partial charge is 0.435 e. The number of hydrogen-bond acceptors (Lipinski definition) is 9.